The molecule has 0 spiro atoms. The minimum absolute atomic E-state index is 0.301. The predicted molar refractivity (Wildman–Crippen MR) is 74.8 cm³/mol. The molecule has 0 bridgehead atoms. The minimum atomic E-state index is 0.301. The monoisotopic (exact) mass is 295 g/mol. The Morgan fingerprint density at radius 3 is 2.82 bits per heavy atom. The zero-order valence-electron chi connectivity index (χ0n) is 10.0. The maximum absolute atomic E-state index is 8.83. The first-order chi connectivity index (χ1) is 8.21. The number of rotatable bonds is 6. The van der Waals surface area contributed by atoms with Gasteiger partial charge in [-0.2, -0.15) is 5.26 Å². The summed E-state index contributed by atoms with van der Waals surface area (Å²) in [4.78, 5) is 0. The molecule has 0 aliphatic rings. The second-order valence-corrected chi connectivity index (χ2v) is 4.88. The van der Waals surface area contributed by atoms with Crippen LogP contribution in [0, 0.1) is 11.3 Å². The summed E-state index contributed by atoms with van der Waals surface area (Å²) in [5, 5.41) is 12.2. The number of halogens is 1. The predicted octanol–water partition coefficient (Wildman–Crippen LogP) is 3.25. The van der Waals surface area contributed by atoms with E-state index in [1.54, 1.807) is 6.07 Å². The van der Waals surface area contributed by atoms with Gasteiger partial charge in [-0.15, -0.1) is 0 Å². The lowest BCUT2D eigenvalue weighted by Crippen LogP contribution is -2.28. The Morgan fingerprint density at radius 2 is 2.29 bits per heavy atom. The highest BCUT2D eigenvalue weighted by Gasteiger charge is 2.07. The van der Waals surface area contributed by atoms with Crippen molar-refractivity contribution in [1.29, 1.82) is 5.26 Å². The van der Waals surface area contributed by atoms with Crippen LogP contribution in [-0.4, -0.2) is 12.6 Å². The third kappa shape index (κ3) is 4.37. The van der Waals surface area contributed by atoms with Crippen molar-refractivity contribution in [3.63, 3.8) is 0 Å². The second kappa shape index (κ2) is 7.31. The highest BCUT2D eigenvalue weighted by atomic mass is 79.9. The number of hydrogen-bond donors (Lipinski definition) is 2. The van der Waals surface area contributed by atoms with Crippen LogP contribution in [0.3, 0.4) is 0 Å². The highest BCUT2D eigenvalue weighted by molar-refractivity contribution is 9.10. The number of unbranched alkanes of at least 4 members (excludes halogenated alkanes) is 1. The van der Waals surface area contributed by atoms with Gasteiger partial charge in [0.05, 0.1) is 5.56 Å². The maximum atomic E-state index is 8.83. The smallest absolute Gasteiger partial charge is 0.100 e. The van der Waals surface area contributed by atoms with Crippen molar-refractivity contribution in [3.8, 4) is 6.07 Å². The van der Waals surface area contributed by atoms with E-state index >= 15 is 0 Å². The first-order valence-electron chi connectivity index (χ1n) is 5.87. The van der Waals surface area contributed by atoms with Crippen molar-refractivity contribution in [2.24, 2.45) is 5.73 Å². The number of nitriles is 1. The molecular formula is C13H18BrN3. The Bertz CT molecular complexity index is 398. The van der Waals surface area contributed by atoms with Gasteiger partial charge < -0.3 is 11.1 Å². The fraction of sp³-hybridized carbons (Fsp3) is 0.462. The molecule has 0 saturated carbocycles. The van der Waals surface area contributed by atoms with Gasteiger partial charge in [0.2, 0.25) is 0 Å². The maximum Gasteiger partial charge on any atom is 0.100 e. The van der Waals surface area contributed by atoms with E-state index in [0.29, 0.717) is 18.2 Å². The van der Waals surface area contributed by atoms with E-state index < -0.39 is 0 Å². The summed E-state index contributed by atoms with van der Waals surface area (Å²) in [6.45, 7) is 2.80. The molecule has 0 aliphatic heterocycles. The van der Waals surface area contributed by atoms with E-state index in [2.05, 4.69) is 34.2 Å². The summed E-state index contributed by atoms with van der Waals surface area (Å²) in [7, 11) is 0. The zero-order chi connectivity index (χ0) is 12.7. The van der Waals surface area contributed by atoms with Crippen molar-refractivity contribution in [3.05, 3.63) is 28.2 Å². The zero-order valence-corrected chi connectivity index (χ0v) is 11.6. The van der Waals surface area contributed by atoms with Crippen molar-refractivity contribution in [2.75, 3.05) is 11.9 Å². The molecule has 1 rings (SSSR count). The summed E-state index contributed by atoms with van der Waals surface area (Å²) >= 11 is 3.38. The van der Waals surface area contributed by atoms with Gasteiger partial charge in [0.1, 0.15) is 6.07 Å². The summed E-state index contributed by atoms with van der Waals surface area (Å²) in [5.41, 5.74) is 7.38. The molecule has 1 atom stereocenters. The molecule has 1 aromatic carbocycles. The van der Waals surface area contributed by atoms with Crippen LogP contribution in [0.1, 0.15) is 31.7 Å². The van der Waals surface area contributed by atoms with Crippen LogP contribution in [0.15, 0.2) is 22.7 Å². The quantitative estimate of drug-likeness (QED) is 0.847. The molecule has 0 radical (unpaired) electrons. The van der Waals surface area contributed by atoms with Gasteiger partial charge in [0.15, 0.2) is 0 Å². The largest absolute Gasteiger partial charge is 0.381 e. The average molecular weight is 296 g/mol. The molecule has 0 amide bonds. The van der Waals surface area contributed by atoms with E-state index in [1.807, 2.05) is 12.1 Å². The topological polar surface area (TPSA) is 61.8 Å². The Kier molecular flexibility index (Phi) is 6.03. The van der Waals surface area contributed by atoms with Crippen molar-refractivity contribution in [2.45, 2.75) is 32.2 Å². The van der Waals surface area contributed by atoms with Crippen LogP contribution in [0.25, 0.3) is 0 Å². The molecule has 1 unspecified atom stereocenters. The molecule has 0 aromatic heterocycles. The first-order valence-corrected chi connectivity index (χ1v) is 6.66. The molecule has 0 saturated heterocycles. The Hall–Kier alpha value is -1.05. The van der Waals surface area contributed by atoms with Gasteiger partial charge in [-0.3, -0.25) is 0 Å². The summed E-state index contributed by atoms with van der Waals surface area (Å²) in [5.74, 6) is 0. The summed E-state index contributed by atoms with van der Waals surface area (Å²) in [6.07, 6.45) is 3.42. The lowest BCUT2D eigenvalue weighted by molar-refractivity contribution is 0.614. The number of nitrogens with two attached hydrogens (primary N) is 1. The van der Waals surface area contributed by atoms with Crippen LogP contribution in [0.2, 0.25) is 0 Å². The van der Waals surface area contributed by atoms with E-state index in [1.165, 1.54) is 12.8 Å². The second-order valence-electron chi connectivity index (χ2n) is 4.03. The molecule has 3 N–H and O–H groups in total. The van der Waals surface area contributed by atoms with Crippen molar-refractivity contribution in [1.82, 2.24) is 0 Å². The third-order valence-corrected chi connectivity index (χ3v) is 3.31. The normalized spacial score (nSPS) is 11.9. The van der Waals surface area contributed by atoms with Crippen molar-refractivity contribution >= 4 is 21.6 Å². The van der Waals surface area contributed by atoms with Crippen LogP contribution in [0.4, 0.5) is 5.69 Å². The van der Waals surface area contributed by atoms with E-state index in [4.69, 9.17) is 11.0 Å². The van der Waals surface area contributed by atoms with Crippen LogP contribution >= 0.6 is 15.9 Å². The Labute approximate surface area is 111 Å². The van der Waals surface area contributed by atoms with Crippen molar-refractivity contribution < 1.29 is 0 Å². The van der Waals surface area contributed by atoms with Gasteiger partial charge in [-0.1, -0.05) is 19.8 Å². The molecule has 1 aromatic rings. The fourth-order valence-electron chi connectivity index (χ4n) is 1.63. The van der Waals surface area contributed by atoms with Crippen LogP contribution in [0.5, 0.6) is 0 Å². The van der Waals surface area contributed by atoms with E-state index in [9.17, 15) is 0 Å². The van der Waals surface area contributed by atoms with Gasteiger partial charge >= 0.3 is 0 Å². The molecular weight excluding hydrogens is 278 g/mol. The SMILES string of the molecule is CCCCC(CN)Nc1ccc(C#N)c(Br)c1. The van der Waals surface area contributed by atoms with Gasteiger partial charge in [-0.25, -0.2) is 0 Å². The molecule has 0 fully saturated rings. The molecule has 0 heterocycles. The number of nitrogens with one attached hydrogen (secondary N) is 1. The number of hydrogen-bond acceptors (Lipinski definition) is 3. The van der Waals surface area contributed by atoms with Crippen LogP contribution < -0.4 is 11.1 Å². The van der Waals surface area contributed by atoms with Gasteiger partial charge in [0.25, 0.3) is 0 Å². The number of benzene rings is 1. The molecule has 17 heavy (non-hydrogen) atoms. The Balaban J connectivity index is 2.67. The number of anilines is 1. The summed E-state index contributed by atoms with van der Waals surface area (Å²) in [6, 6.07) is 8.07. The van der Waals surface area contributed by atoms with Gasteiger partial charge in [0, 0.05) is 22.7 Å². The molecule has 0 aliphatic carbocycles. The first kappa shape index (κ1) is 14.0. The number of nitrogens with zero attached hydrogens (tertiary/aromatic N) is 1. The van der Waals surface area contributed by atoms with E-state index in [-0.39, 0.29) is 0 Å². The fourth-order valence-corrected chi connectivity index (χ4v) is 2.10. The molecule has 4 heteroatoms. The third-order valence-electron chi connectivity index (χ3n) is 2.65. The average Bonchev–Trinajstić information content (AvgIpc) is 2.34. The highest BCUT2D eigenvalue weighted by Crippen LogP contribution is 2.21. The Morgan fingerprint density at radius 1 is 1.53 bits per heavy atom. The lowest BCUT2D eigenvalue weighted by Gasteiger charge is -2.18. The molecule has 3 nitrogen and oxygen atoms in total. The lowest BCUT2D eigenvalue weighted by atomic mass is 10.1. The van der Waals surface area contributed by atoms with E-state index in [0.717, 1.165) is 16.6 Å². The molecule has 92 valence electrons. The standard InChI is InChI=1S/C13H18BrN3/c1-2-3-4-12(9-16)17-11-6-5-10(8-15)13(14)7-11/h5-7,12,17H,2-4,9,16H2,1H3. The summed E-state index contributed by atoms with van der Waals surface area (Å²) < 4.78 is 0.816. The minimum Gasteiger partial charge on any atom is -0.381 e. The van der Waals surface area contributed by atoms with Crippen LogP contribution in [-0.2, 0) is 0 Å². The van der Waals surface area contributed by atoms with Gasteiger partial charge in [-0.05, 0) is 40.5 Å².